The van der Waals surface area contributed by atoms with Crippen molar-refractivity contribution in [1.82, 2.24) is 10.2 Å². The second kappa shape index (κ2) is 11.4. The maximum atomic E-state index is 14.6. The zero-order valence-corrected chi connectivity index (χ0v) is 19.2. The van der Waals surface area contributed by atoms with Gasteiger partial charge in [0.15, 0.2) is 5.60 Å². The second-order valence-electron chi connectivity index (χ2n) is 9.35. The number of aliphatic hydroxyl groups is 1. The summed E-state index contributed by atoms with van der Waals surface area (Å²) in [6.07, 6.45) is 7.68. The van der Waals surface area contributed by atoms with E-state index in [9.17, 15) is 14.3 Å². The summed E-state index contributed by atoms with van der Waals surface area (Å²) in [5, 5.41) is 14.6. The molecule has 1 aliphatic heterocycles. The van der Waals surface area contributed by atoms with E-state index in [1.165, 1.54) is 18.9 Å². The van der Waals surface area contributed by atoms with Gasteiger partial charge in [-0.2, -0.15) is 0 Å². The zero-order valence-electron chi connectivity index (χ0n) is 18.4. The Morgan fingerprint density at radius 3 is 2.43 bits per heavy atom. The number of carbonyl (C=O) groups is 1. The summed E-state index contributed by atoms with van der Waals surface area (Å²) in [6, 6.07) is 6.23. The monoisotopic (exact) mass is 440 g/mol. The van der Waals surface area contributed by atoms with Gasteiger partial charge >= 0.3 is 0 Å². The molecule has 1 atom stereocenters. The molecule has 6 heteroatoms. The fourth-order valence-electron chi connectivity index (χ4n) is 4.96. The number of hydrogen-bond donors (Lipinski definition) is 2. The van der Waals surface area contributed by atoms with Crippen LogP contribution in [0.15, 0.2) is 24.3 Å². The highest BCUT2D eigenvalue weighted by molar-refractivity contribution is 5.87. The molecule has 0 bridgehead atoms. The van der Waals surface area contributed by atoms with Gasteiger partial charge in [-0.25, -0.2) is 4.39 Å². The fraction of sp³-hybridized carbons (Fsp3) is 0.708. The molecule has 1 saturated heterocycles. The van der Waals surface area contributed by atoms with Crippen molar-refractivity contribution in [3.05, 3.63) is 35.6 Å². The molecular weight excluding hydrogens is 403 g/mol. The van der Waals surface area contributed by atoms with Gasteiger partial charge in [0.25, 0.3) is 5.91 Å². The fourth-order valence-corrected chi connectivity index (χ4v) is 4.96. The van der Waals surface area contributed by atoms with E-state index in [-0.39, 0.29) is 29.9 Å². The van der Waals surface area contributed by atoms with Gasteiger partial charge in [-0.05, 0) is 57.1 Å². The predicted octanol–water partition coefficient (Wildman–Crippen LogP) is 4.64. The summed E-state index contributed by atoms with van der Waals surface area (Å²) in [5.74, 6) is -0.418. The number of likely N-dealkylation sites (tertiary alicyclic amines) is 1. The van der Waals surface area contributed by atoms with E-state index in [0.29, 0.717) is 0 Å². The normalized spacial score (nSPS) is 20.7. The minimum Gasteiger partial charge on any atom is -0.375 e. The number of halogens is 2. The first-order valence-corrected chi connectivity index (χ1v) is 11.4. The Balaban J connectivity index is 0.00000320. The molecule has 1 aromatic carbocycles. The van der Waals surface area contributed by atoms with Crippen molar-refractivity contribution < 1.29 is 14.3 Å². The van der Waals surface area contributed by atoms with Gasteiger partial charge in [-0.1, -0.05) is 44.9 Å². The summed E-state index contributed by atoms with van der Waals surface area (Å²) in [7, 11) is 0. The number of nitrogens with one attached hydrogen (secondary N) is 1. The molecule has 2 aliphatic rings. The van der Waals surface area contributed by atoms with Crippen molar-refractivity contribution in [2.24, 2.45) is 11.8 Å². The van der Waals surface area contributed by atoms with E-state index in [2.05, 4.69) is 24.1 Å². The van der Waals surface area contributed by atoms with Gasteiger partial charge in [0.1, 0.15) is 5.82 Å². The van der Waals surface area contributed by atoms with Crippen LogP contribution < -0.4 is 5.32 Å². The molecule has 1 aliphatic carbocycles. The van der Waals surface area contributed by atoms with E-state index in [0.717, 1.165) is 64.1 Å². The van der Waals surface area contributed by atoms with Crippen LogP contribution in [-0.4, -0.2) is 41.6 Å². The molecule has 1 unspecified atom stereocenters. The van der Waals surface area contributed by atoms with Crippen LogP contribution in [0.3, 0.4) is 0 Å². The SMILES string of the molecule is CC(C)CCCN1CCC(NC(=O)C(O)(c2ccccc2F)C2CCCC2)CC1.Cl. The quantitative estimate of drug-likeness (QED) is 0.619. The Morgan fingerprint density at radius 2 is 1.83 bits per heavy atom. The lowest BCUT2D eigenvalue weighted by Gasteiger charge is -2.37. The van der Waals surface area contributed by atoms with Crippen LogP contribution in [-0.2, 0) is 10.4 Å². The molecular formula is C24H38ClFN2O2. The molecule has 0 aromatic heterocycles. The van der Waals surface area contributed by atoms with Gasteiger partial charge in [0.2, 0.25) is 0 Å². The van der Waals surface area contributed by atoms with E-state index >= 15 is 0 Å². The Labute approximate surface area is 187 Å². The Kier molecular flexibility index (Phi) is 9.58. The van der Waals surface area contributed by atoms with E-state index in [1.807, 2.05) is 0 Å². The lowest BCUT2D eigenvalue weighted by molar-refractivity contribution is -0.149. The molecule has 3 rings (SSSR count). The Bertz CT molecular complexity index is 673. The lowest BCUT2D eigenvalue weighted by Crippen LogP contribution is -2.54. The standard InChI is InChI=1S/C24H37FN2O2.ClH/c1-18(2)8-7-15-27-16-13-20(14-17-27)26-23(28)24(29,19-9-3-4-10-19)21-11-5-6-12-22(21)25;/h5-6,11-12,18-20,29H,3-4,7-10,13-17H2,1-2H3,(H,26,28);1H. The minimum absolute atomic E-state index is 0. The van der Waals surface area contributed by atoms with Crippen molar-refractivity contribution in [3.8, 4) is 0 Å². The molecule has 170 valence electrons. The third kappa shape index (κ3) is 5.95. The highest BCUT2D eigenvalue weighted by Gasteiger charge is 2.48. The lowest BCUT2D eigenvalue weighted by atomic mass is 9.78. The number of piperidine rings is 1. The molecule has 1 saturated carbocycles. The van der Waals surface area contributed by atoms with Gasteiger partial charge in [-0.15, -0.1) is 12.4 Å². The molecule has 1 amide bonds. The van der Waals surface area contributed by atoms with Gasteiger partial charge < -0.3 is 15.3 Å². The minimum atomic E-state index is -1.78. The highest BCUT2D eigenvalue weighted by atomic mass is 35.5. The first-order valence-electron chi connectivity index (χ1n) is 11.4. The molecule has 2 N–H and O–H groups in total. The molecule has 2 fully saturated rings. The molecule has 0 radical (unpaired) electrons. The molecule has 4 nitrogen and oxygen atoms in total. The number of nitrogens with zero attached hydrogens (tertiary/aromatic N) is 1. The third-order valence-electron chi connectivity index (χ3n) is 6.76. The highest BCUT2D eigenvalue weighted by Crippen LogP contribution is 2.41. The maximum absolute atomic E-state index is 14.6. The van der Waals surface area contributed by atoms with Crippen molar-refractivity contribution in [1.29, 1.82) is 0 Å². The first-order chi connectivity index (χ1) is 13.9. The van der Waals surface area contributed by atoms with Crippen LogP contribution >= 0.6 is 12.4 Å². The van der Waals surface area contributed by atoms with E-state index in [1.54, 1.807) is 18.2 Å². The number of rotatable bonds is 8. The summed E-state index contributed by atoms with van der Waals surface area (Å²) in [5.41, 5.74) is -1.66. The van der Waals surface area contributed by atoms with E-state index in [4.69, 9.17) is 0 Å². The molecule has 1 aromatic rings. The average Bonchev–Trinajstić information content (AvgIpc) is 3.24. The Morgan fingerprint density at radius 1 is 1.20 bits per heavy atom. The number of amides is 1. The largest absolute Gasteiger partial charge is 0.375 e. The number of benzene rings is 1. The van der Waals surface area contributed by atoms with Gasteiger partial charge in [0, 0.05) is 30.6 Å². The van der Waals surface area contributed by atoms with Crippen molar-refractivity contribution in [2.75, 3.05) is 19.6 Å². The third-order valence-corrected chi connectivity index (χ3v) is 6.76. The van der Waals surface area contributed by atoms with Crippen molar-refractivity contribution >= 4 is 18.3 Å². The van der Waals surface area contributed by atoms with Crippen molar-refractivity contribution in [3.63, 3.8) is 0 Å². The zero-order chi connectivity index (χ0) is 20.9. The van der Waals surface area contributed by atoms with Crippen LogP contribution in [0.5, 0.6) is 0 Å². The van der Waals surface area contributed by atoms with Crippen LogP contribution in [0.2, 0.25) is 0 Å². The average molecular weight is 441 g/mol. The summed E-state index contributed by atoms with van der Waals surface area (Å²) < 4.78 is 14.6. The number of carbonyl (C=O) groups excluding carboxylic acids is 1. The number of hydrogen-bond acceptors (Lipinski definition) is 3. The van der Waals surface area contributed by atoms with Crippen LogP contribution in [0, 0.1) is 17.7 Å². The van der Waals surface area contributed by atoms with Gasteiger partial charge in [-0.3, -0.25) is 4.79 Å². The van der Waals surface area contributed by atoms with Crippen LogP contribution in [0.1, 0.15) is 70.8 Å². The topological polar surface area (TPSA) is 52.6 Å². The smallest absolute Gasteiger partial charge is 0.257 e. The molecule has 0 spiro atoms. The summed E-state index contributed by atoms with van der Waals surface area (Å²) in [6.45, 7) is 7.54. The maximum Gasteiger partial charge on any atom is 0.257 e. The van der Waals surface area contributed by atoms with Crippen LogP contribution in [0.25, 0.3) is 0 Å². The summed E-state index contributed by atoms with van der Waals surface area (Å²) >= 11 is 0. The van der Waals surface area contributed by atoms with Crippen molar-refractivity contribution in [2.45, 2.75) is 76.9 Å². The second-order valence-corrected chi connectivity index (χ2v) is 9.35. The summed E-state index contributed by atoms with van der Waals surface area (Å²) in [4.78, 5) is 15.7. The van der Waals surface area contributed by atoms with E-state index < -0.39 is 17.3 Å². The Hall–Kier alpha value is -1.17. The molecule has 1 heterocycles. The van der Waals surface area contributed by atoms with Gasteiger partial charge in [0.05, 0.1) is 0 Å². The van der Waals surface area contributed by atoms with Crippen LogP contribution in [0.4, 0.5) is 4.39 Å². The molecule has 30 heavy (non-hydrogen) atoms. The first kappa shape index (κ1) is 25.1. The predicted molar refractivity (Wildman–Crippen MR) is 121 cm³/mol.